The molecule has 5 heteroatoms. The lowest BCUT2D eigenvalue weighted by Crippen LogP contribution is -2.34. The summed E-state index contributed by atoms with van der Waals surface area (Å²) in [5.41, 5.74) is 1.11. The smallest absolute Gasteiger partial charge is 0.338 e. The van der Waals surface area contributed by atoms with E-state index in [9.17, 15) is 9.59 Å². The Morgan fingerprint density at radius 1 is 1.26 bits per heavy atom. The Balaban J connectivity index is 2.76. The van der Waals surface area contributed by atoms with E-state index >= 15 is 0 Å². The topological polar surface area (TPSA) is 75.6 Å². The van der Waals surface area contributed by atoms with Crippen LogP contribution < -0.4 is 5.32 Å². The third kappa shape index (κ3) is 4.28. The molecule has 0 aliphatic rings. The van der Waals surface area contributed by atoms with Gasteiger partial charge in [0.15, 0.2) is 0 Å². The Kier molecular flexibility index (Phi) is 5.36. The molecule has 0 saturated heterocycles. The fraction of sp³-hybridized carbons (Fsp3) is 0.429. The number of esters is 1. The molecule has 0 fully saturated rings. The molecule has 1 atom stereocenters. The third-order valence-corrected chi connectivity index (χ3v) is 2.65. The van der Waals surface area contributed by atoms with Gasteiger partial charge in [-0.2, -0.15) is 0 Å². The van der Waals surface area contributed by atoms with Crippen molar-refractivity contribution in [2.45, 2.75) is 26.8 Å². The number of carboxylic acids is 1. The molecule has 1 unspecified atom stereocenters. The van der Waals surface area contributed by atoms with Crippen LogP contribution in [0, 0.1) is 5.92 Å². The van der Waals surface area contributed by atoms with Crippen molar-refractivity contribution in [2.24, 2.45) is 5.92 Å². The number of rotatable bonds is 6. The molecule has 0 saturated carbocycles. The molecule has 0 radical (unpaired) electrons. The normalized spacial score (nSPS) is 12.0. The monoisotopic (exact) mass is 265 g/mol. The molecule has 104 valence electrons. The SMILES string of the molecule is CCOC(=O)c1ccc(NC(C(=O)O)C(C)C)cc1. The zero-order chi connectivity index (χ0) is 14.4. The highest BCUT2D eigenvalue weighted by Gasteiger charge is 2.20. The van der Waals surface area contributed by atoms with E-state index in [0.717, 1.165) is 0 Å². The van der Waals surface area contributed by atoms with Crippen LogP contribution in [0.5, 0.6) is 0 Å². The fourth-order valence-corrected chi connectivity index (χ4v) is 1.61. The third-order valence-electron chi connectivity index (χ3n) is 2.65. The van der Waals surface area contributed by atoms with Crippen molar-refractivity contribution >= 4 is 17.6 Å². The minimum atomic E-state index is -0.899. The maximum atomic E-state index is 11.5. The van der Waals surface area contributed by atoms with E-state index in [0.29, 0.717) is 17.9 Å². The van der Waals surface area contributed by atoms with E-state index in [1.807, 2.05) is 13.8 Å². The van der Waals surface area contributed by atoms with Crippen molar-refractivity contribution in [3.63, 3.8) is 0 Å². The number of benzene rings is 1. The summed E-state index contributed by atoms with van der Waals surface area (Å²) in [6.07, 6.45) is 0. The molecule has 0 aliphatic carbocycles. The van der Waals surface area contributed by atoms with E-state index in [1.54, 1.807) is 31.2 Å². The molecule has 5 nitrogen and oxygen atoms in total. The summed E-state index contributed by atoms with van der Waals surface area (Å²) in [5.74, 6) is -1.32. The molecule has 0 spiro atoms. The number of aliphatic carboxylic acids is 1. The molecule has 0 bridgehead atoms. The van der Waals surface area contributed by atoms with Gasteiger partial charge >= 0.3 is 11.9 Å². The van der Waals surface area contributed by atoms with Crippen molar-refractivity contribution in [1.29, 1.82) is 0 Å². The lowest BCUT2D eigenvalue weighted by Gasteiger charge is -2.19. The Morgan fingerprint density at radius 2 is 1.84 bits per heavy atom. The van der Waals surface area contributed by atoms with Gasteiger partial charge in [-0.05, 0) is 37.1 Å². The molecule has 1 aromatic rings. The van der Waals surface area contributed by atoms with E-state index in [1.165, 1.54) is 0 Å². The molecular formula is C14H19NO4. The van der Waals surface area contributed by atoms with Crippen molar-refractivity contribution in [2.75, 3.05) is 11.9 Å². The number of ether oxygens (including phenoxy) is 1. The van der Waals surface area contributed by atoms with Gasteiger partial charge in [0.2, 0.25) is 0 Å². The molecule has 0 amide bonds. The molecule has 1 rings (SSSR count). The van der Waals surface area contributed by atoms with Crippen molar-refractivity contribution in [1.82, 2.24) is 0 Å². The maximum Gasteiger partial charge on any atom is 0.338 e. The average molecular weight is 265 g/mol. The van der Waals surface area contributed by atoms with Crippen molar-refractivity contribution in [3.05, 3.63) is 29.8 Å². The summed E-state index contributed by atoms with van der Waals surface area (Å²) in [4.78, 5) is 22.5. The van der Waals surface area contributed by atoms with Crippen LogP contribution in [0.2, 0.25) is 0 Å². The van der Waals surface area contributed by atoms with Gasteiger partial charge in [0.1, 0.15) is 6.04 Å². The molecule has 0 aliphatic heterocycles. The van der Waals surface area contributed by atoms with E-state index in [-0.39, 0.29) is 11.9 Å². The van der Waals surface area contributed by atoms with Crippen LogP contribution in [-0.4, -0.2) is 29.7 Å². The number of hydrogen-bond donors (Lipinski definition) is 2. The Bertz CT molecular complexity index is 439. The lowest BCUT2D eigenvalue weighted by molar-refractivity contribution is -0.138. The zero-order valence-corrected chi connectivity index (χ0v) is 11.3. The highest BCUT2D eigenvalue weighted by Crippen LogP contribution is 2.15. The number of carboxylic acid groups (broad SMARTS) is 1. The minimum Gasteiger partial charge on any atom is -0.480 e. The first-order valence-corrected chi connectivity index (χ1v) is 6.22. The lowest BCUT2D eigenvalue weighted by atomic mass is 10.0. The Hall–Kier alpha value is -2.04. The van der Waals surface area contributed by atoms with Gasteiger partial charge in [0, 0.05) is 5.69 Å². The van der Waals surface area contributed by atoms with Gasteiger partial charge in [-0.15, -0.1) is 0 Å². The first kappa shape index (κ1) is 15.0. The number of hydrogen-bond acceptors (Lipinski definition) is 4. The minimum absolute atomic E-state index is 0.0396. The Labute approximate surface area is 112 Å². The number of carbonyl (C=O) groups excluding carboxylic acids is 1. The first-order chi connectivity index (χ1) is 8.95. The summed E-state index contributed by atoms with van der Waals surface area (Å²) >= 11 is 0. The summed E-state index contributed by atoms with van der Waals surface area (Å²) in [6.45, 7) is 5.73. The number of anilines is 1. The highest BCUT2D eigenvalue weighted by atomic mass is 16.5. The molecule has 0 aromatic heterocycles. The van der Waals surface area contributed by atoms with Crippen LogP contribution in [0.3, 0.4) is 0 Å². The van der Waals surface area contributed by atoms with Gasteiger partial charge in [0.05, 0.1) is 12.2 Å². The zero-order valence-electron chi connectivity index (χ0n) is 11.3. The number of carbonyl (C=O) groups is 2. The second kappa shape index (κ2) is 6.78. The van der Waals surface area contributed by atoms with Crippen LogP contribution in [0.25, 0.3) is 0 Å². The molecule has 19 heavy (non-hydrogen) atoms. The summed E-state index contributed by atoms with van der Waals surface area (Å²) < 4.78 is 4.87. The van der Waals surface area contributed by atoms with Gasteiger partial charge in [0.25, 0.3) is 0 Å². The van der Waals surface area contributed by atoms with Crippen molar-refractivity contribution in [3.8, 4) is 0 Å². The van der Waals surface area contributed by atoms with Crippen LogP contribution in [-0.2, 0) is 9.53 Å². The summed E-state index contributed by atoms with van der Waals surface area (Å²) in [5, 5.41) is 12.0. The van der Waals surface area contributed by atoms with E-state index in [2.05, 4.69) is 5.32 Å². The predicted octanol–water partition coefficient (Wildman–Crippen LogP) is 2.38. The van der Waals surface area contributed by atoms with E-state index in [4.69, 9.17) is 9.84 Å². The van der Waals surface area contributed by atoms with Gasteiger partial charge in [-0.1, -0.05) is 13.8 Å². The summed E-state index contributed by atoms with van der Waals surface area (Å²) in [6, 6.07) is 5.90. The van der Waals surface area contributed by atoms with Crippen LogP contribution in [0.1, 0.15) is 31.1 Å². The van der Waals surface area contributed by atoms with Crippen LogP contribution in [0.4, 0.5) is 5.69 Å². The van der Waals surface area contributed by atoms with Gasteiger partial charge in [-0.3, -0.25) is 0 Å². The van der Waals surface area contributed by atoms with Crippen LogP contribution in [0.15, 0.2) is 24.3 Å². The van der Waals surface area contributed by atoms with Crippen molar-refractivity contribution < 1.29 is 19.4 Å². The molecule has 0 heterocycles. The predicted molar refractivity (Wildman–Crippen MR) is 72.3 cm³/mol. The fourth-order valence-electron chi connectivity index (χ4n) is 1.61. The second-order valence-electron chi connectivity index (χ2n) is 4.50. The first-order valence-electron chi connectivity index (χ1n) is 6.22. The molecular weight excluding hydrogens is 246 g/mol. The van der Waals surface area contributed by atoms with Gasteiger partial charge < -0.3 is 15.2 Å². The quantitative estimate of drug-likeness (QED) is 0.772. The molecule has 2 N–H and O–H groups in total. The average Bonchev–Trinajstić information content (AvgIpc) is 2.36. The summed E-state index contributed by atoms with van der Waals surface area (Å²) in [7, 11) is 0. The standard InChI is InChI=1S/C14H19NO4/c1-4-19-14(18)10-5-7-11(8-6-10)15-12(9(2)3)13(16)17/h5-9,12,15H,4H2,1-3H3,(H,16,17). The van der Waals surface area contributed by atoms with Crippen LogP contribution >= 0.6 is 0 Å². The van der Waals surface area contributed by atoms with E-state index < -0.39 is 12.0 Å². The highest BCUT2D eigenvalue weighted by molar-refractivity contribution is 5.90. The maximum absolute atomic E-state index is 11.5. The number of nitrogens with one attached hydrogen (secondary N) is 1. The molecule has 1 aromatic carbocycles. The second-order valence-corrected chi connectivity index (χ2v) is 4.50. The Morgan fingerprint density at radius 3 is 2.26 bits per heavy atom. The largest absolute Gasteiger partial charge is 0.480 e. The van der Waals surface area contributed by atoms with Gasteiger partial charge in [-0.25, -0.2) is 9.59 Å².